The Labute approximate surface area is 213 Å². The maximum atomic E-state index is 13.1. The third-order valence-electron chi connectivity index (χ3n) is 8.02. The molecule has 0 radical (unpaired) electrons. The topological polar surface area (TPSA) is 110 Å². The van der Waals surface area contributed by atoms with Gasteiger partial charge in [0.15, 0.2) is 5.82 Å². The molecular formula is C27H28N6O4. The number of piperidine rings is 1. The number of fused-ring (bicyclic) bond motifs is 2. The van der Waals surface area contributed by atoms with Crippen LogP contribution < -0.4 is 5.32 Å². The van der Waals surface area contributed by atoms with Crippen molar-refractivity contribution in [1.29, 1.82) is 0 Å². The summed E-state index contributed by atoms with van der Waals surface area (Å²) in [7, 11) is 0. The van der Waals surface area contributed by atoms with E-state index in [4.69, 9.17) is 14.7 Å². The van der Waals surface area contributed by atoms with Crippen molar-refractivity contribution in [3.63, 3.8) is 0 Å². The van der Waals surface area contributed by atoms with E-state index in [-0.39, 0.29) is 24.3 Å². The molecule has 190 valence electrons. The van der Waals surface area contributed by atoms with Gasteiger partial charge in [0.2, 0.25) is 11.8 Å². The van der Waals surface area contributed by atoms with Gasteiger partial charge in [0.25, 0.3) is 5.91 Å². The number of carbonyl (C=O) groups is 3. The fourth-order valence-electron chi connectivity index (χ4n) is 5.89. The molecule has 6 heterocycles. The molecule has 10 heteroatoms. The summed E-state index contributed by atoms with van der Waals surface area (Å²) >= 11 is 0. The first-order chi connectivity index (χ1) is 18.0. The van der Waals surface area contributed by atoms with Gasteiger partial charge in [-0.1, -0.05) is 6.07 Å². The molecule has 4 aliphatic rings. The lowest BCUT2D eigenvalue weighted by Crippen LogP contribution is -2.52. The summed E-state index contributed by atoms with van der Waals surface area (Å²) < 4.78 is 7.63. The molecule has 0 bridgehead atoms. The molecule has 1 atom stereocenters. The van der Waals surface area contributed by atoms with Crippen LogP contribution in [0.1, 0.15) is 53.3 Å². The second kappa shape index (κ2) is 8.74. The fourth-order valence-corrected chi connectivity index (χ4v) is 5.89. The number of hydrogen-bond donors (Lipinski definition) is 1. The molecule has 1 aromatic carbocycles. The molecule has 10 nitrogen and oxygen atoms in total. The summed E-state index contributed by atoms with van der Waals surface area (Å²) in [5, 5.41) is 3.43. The predicted molar refractivity (Wildman–Crippen MR) is 133 cm³/mol. The van der Waals surface area contributed by atoms with Crippen LogP contribution in [0.5, 0.6) is 0 Å². The quantitative estimate of drug-likeness (QED) is 0.534. The van der Waals surface area contributed by atoms with Crippen molar-refractivity contribution < 1.29 is 19.1 Å². The van der Waals surface area contributed by atoms with Crippen molar-refractivity contribution in [2.24, 2.45) is 0 Å². The number of hydrogen-bond acceptors (Lipinski definition) is 7. The van der Waals surface area contributed by atoms with Crippen LogP contribution in [0, 0.1) is 0 Å². The summed E-state index contributed by atoms with van der Waals surface area (Å²) in [6.45, 7) is 4.63. The number of ether oxygens (including phenoxy) is 1. The molecule has 37 heavy (non-hydrogen) atoms. The number of imide groups is 1. The SMILES string of the molecule is O=C1CCC(N2Cc3cc(-c4nc(CN5CCCC5)c5ccn(C6COC6)c5n4)ccc3C2=O)C(=O)N1. The van der Waals surface area contributed by atoms with Gasteiger partial charge in [0.05, 0.1) is 24.9 Å². The molecule has 0 saturated carbocycles. The van der Waals surface area contributed by atoms with E-state index in [1.165, 1.54) is 12.8 Å². The molecule has 7 rings (SSSR count). The highest BCUT2D eigenvalue weighted by Gasteiger charge is 2.39. The van der Waals surface area contributed by atoms with Crippen LogP contribution in [-0.4, -0.2) is 74.4 Å². The number of rotatable bonds is 5. The predicted octanol–water partition coefficient (Wildman–Crippen LogP) is 2.03. The second-order valence-corrected chi connectivity index (χ2v) is 10.4. The Kier molecular flexibility index (Phi) is 5.33. The van der Waals surface area contributed by atoms with Gasteiger partial charge in [-0.15, -0.1) is 0 Å². The van der Waals surface area contributed by atoms with E-state index in [9.17, 15) is 14.4 Å². The van der Waals surface area contributed by atoms with E-state index in [1.54, 1.807) is 4.90 Å². The number of benzene rings is 1. The Morgan fingerprint density at radius 3 is 2.65 bits per heavy atom. The van der Waals surface area contributed by atoms with Gasteiger partial charge < -0.3 is 14.2 Å². The molecule has 4 aliphatic heterocycles. The van der Waals surface area contributed by atoms with E-state index in [0.29, 0.717) is 37.6 Å². The van der Waals surface area contributed by atoms with Crippen molar-refractivity contribution in [3.05, 3.63) is 47.3 Å². The first-order valence-corrected chi connectivity index (χ1v) is 13.0. The number of aromatic nitrogens is 3. The number of likely N-dealkylation sites (tertiary alicyclic amines) is 1. The Morgan fingerprint density at radius 2 is 1.89 bits per heavy atom. The van der Waals surface area contributed by atoms with Gasteiger partial charge in [-0.25, -0.2) is 9.97 Å². The summed E-state index contributed by atoms with van der Waals surface area (Å²) in [6, 6.07) is 7.44. The number of nitrogens with one attached hydrogen (secondary N) is 1. The molecule has 2 aromatic heterocycles. The van der Waals surface area contributed by atoms with E-state index in [2.05, 4.69) is 27.0 Å². The van der Waals surface area contributed by atoms with Crippen LogP contribution in [0.3, 0.4) is 0 Å². The molecule has 3 saturated heterocycles. The van der Waals surface area contributed by atoms with Crippen LogP contribution in [0.4, 0.5) is 0 Å². The van der Waals surface area contributed by atoms with Crippen LogP contribution in [0.15, 0.2) is 30.5 Å². The van der Waals surface area contributed by atoms with Crippen LogP contribution in [0.25, 0.3) is 22.4 Å². The summed E-state index contributed by atoms with van der Waals surface area (Å²) in [5.74, 6) is -0.237. The van der Waals surface area contributed by atoms with Crippen molar-refractivity contribution in [1.82, 2.24) is 29.7 Å². The van der Waals surface area contributed by atoms with E-state index in [0.717, 1.165) is 47.5 Å². The van der Waals surface area contributed by atoms with E-state index < -0.39 is 11.9 Å². The monoisotopic (exact) mass is 500 g/mol. The van der Waals surface area contributed by atoms with Crippen LogP contribution in [0.2, 0.25) is 0 Å². The fraction of sp³-hybridized carbons (Fsp3) is 0.444. The second-order valence-electron chi connectivity index (χ2n) is 10.4. The minimum absolute atomic E-state index is 0.180. The Morgan fingerprint density at radius 1 is 1.05 bits per heavy atom. The van der Waals surface area contributed by atoms with Crippen molar-refractivity contribution >= 4 is 28.8 Å². The van der Waals surface area contributed by atoms with Crippen molar-refractivity contribution in [2.75, 3.05) is 26.3 Å². The third kappa shape index (κ3) is 3.82. The number of carbonyl (C=O) groups excluding carboxylic acids is 3. The molecule has 1 N–H and O–H groups in total. The van der Waals surface area contributed by atoms with Gasteiger partial charge in [-0.05, 0) is 56.1 Å². The maximum Gasteiger partial charge on any atom is 0.255 e. The number of nitrogens with zero attached hydrogens (tertiary/aromatic N) is 5. The Bertz CT molecular complexity index is 1440. The zero-order valence-electron chi connectivity index (χ0n) is 20.5. The molecular weight excluding hydrogens is 472 g/mol. The van der Waals surface area contributed by atoms with Crippen LogP contribution in [-0.2, 0) is 27.4 Å². The minimum atomic E-state index is -0.631. The highest BCUT2D eigenvalue weighted by atomic mass is 16.5. The van der Waals surface area contributed by atoms with Gasteiger partial charge >= 0.3 is 0 Å². The zero-order valence-corrected chi connectivity index (χ0v) is 20.5. The molecule has 3 fully saturated rings. The van der Waals surface area contributed by atoms with E-state index >= 15 is 0 Å². The standard InChI is InChI=1S/C27H28N6O4/c34-23-6-5-22(26(35)29-23)33-12-17-11-16(3-4-19(17)27(33)36)24-28-21(13-31-8-1-2-9-31)20-7-10-32(25(20)30-24)18-14-37-15-18/h3-4,7,10-11,18,22H,1-2,5-6,8-9,12-15H2,(H,29,34,35). The zero-order chi connectivity index (χ0) is 25.1. The van der Waals surface area contributed by atoms with Gasteiger partial charge in [-0.2, -0.15) is 0 Å². The Balaban J connectivity index is 1.25. The third-order valence-corrected chi connectivity index (χ3v) is 8.02. The summed E-state index contributed by atoms with van der Waals surface area (Å²) in [5.41, 5.74) is 4.21. The largest absolute Gasteiger partial charge is 0.377 e. The highest BCUT2D eigenvalue weighted by molar-refractivity contribution is 6.05. The molecule has 3 amide bonds. The highest BCUT2D eigenvalue weighted by Crippen LogP contribution is 2.33. The average molecular weight is 501 g/mol. The Hall–Kier alpha value is -3.63. The molecule has 0 spiro atoms. The first kappa shape index (κ1) is 22.6. The molecule has 1 unspecified atom stereocenters. The molecule has 3 aromatic rings. The lowest BCUT2D eigenvalue weighted by Gasteiger charge is -2.29. The lowest BCUT2D eigenvalue weighted by molar-refractivity contribution is -0.136. The number of amides is 3. The van der Waals surface area contributed by atoms with Crippen molar-refractivity contribution in [3.8, 4) is 11.4 Å². The smallest absolute Gasteiger partial charge is 0.255 e. The first-order valence-electron chi connectivity index (χ1n) is 13.0. The summed E-state index contributed by atoms with van der Waals surface area (Å²) in [4.78, 5) is 51.1. The molecule has 0 aliphatic carbocycles. The van der Waals surface area contributed by atoms with Gasteiger partial charge in [0.1, 0.15) is 11.7 Å². The lowest BCUT2D eigenvalue weighted by atomic mass is 10.0. The van der Waals surface area contributed by atoms with Gasteiger partial charge in [-0.3, -0.25) is 24.6 Å². The average Bonchev–Trinajstić information content (AvgIpc) is 3.58. The maximum absolute atomic E-state index is 13.1. The normalized spacial score (nSPS) is 22.5. The van der Waals surface area contributed by atoms with Crippen LogP contribution >= 0.6 is 0 Å². The van der Waals surface area contributed by atoms with Gasteiger partial charge in [0, 0.05) is 42.2 Å². The van der Waals surface area contributed by atoms with E-state index in [1.807, 2.05) is 18.2 Å². The van der Waals surface area contributed by atoms with Crippen molar-refractivity contribution in [2.45, 2.75) is 50.9 Å². The minimum Gasteiger partial charge on any atom is -0.377 e. The summed E-state index contributed by atoms with van der Waals surface area (Å²) in [6.07, 6.45) is 5.09.